The standard InChI is InChI=1S/C10H16N4O5S/c1-3-4-14(6-8(15)11-2)20(18,19)9-7(10(16)17)5-12-13-9/h5H,3-4,6H2,1-2H3,(H,11,15)(H,12,13)(H,16,17). The van der Waals surface area contributed by atoms with Crippen LogP contribution in [-0.2, 0) is 14.8 Å². The van der Waals surface area contributed by atoms with E-state index in [1.807, 2.05) is 0 Å². The molecule has 0 aromatic carbocycles. The number of aromatic nitrogens is 2. The van der Waals surface area contributed by atoms with Gasteiger partial charge in [-0.2, -0.15) is 9.40 Å². The van der Waals surface area contributed by atoms with Gasteiger partial charge in [-0.1, -0.05) is 6.92 Å². The molecule has 1 heterocycles. The Morgan fingerprint density at radius 2 is 2.15 bits per heavy atom. The number of aromatic amines is 1. The zero-order valence-electron chi connectivity index (χ0n) is 11.1. The lowest BCUT2D eigenvalue weighted by Gasteiger charge is -2.20. The van der Waals surface area contributed by atoms with Crippen molar-refractivity contribution in [2.24, 2.45) is 0 Å². The number of amides is 1. The van der Waals surface area contributed by atoms with Gasteiger partial charge >= 0.3 is 5.97 Å². The fourth-order valence-electron chi connectivity index (χ4n) is 1.53. The molecule has 1 aromatic heterocycles. The van der Waals surface area contributed by atoms with Crippen molar-refractivity contribution in [3.63, 3.8) is 0 Å². The van der Waals surface area contributed by atoms with E-state index >= 15 is 0 Å². The second-order valence-corrected chi connectivity index (χ2v) is 5.80. The number of carboxylic acids is 1. The number of carboxylic acid groups (broad SMARTS) is 1. The Labute approximate surface area is 116 Å². The number of nitrogens with one attached hydrogen (secondary N) is 2. The number of carbonyl (C=O) groups excluding carboxylic acids is 1. The van der Waals surface area contributed by atoms with Gasteiger partial charge in [0.1, 0.15) is 5.56 Å². The molecule has 10 heteroatoms. The molecule has 0 radical (unpaired) electrons. The normalized spacial score (nSPS) is 11.6. The molecular formula is C10H16N4O5S. The summed E-state index contributed by atoms with van der Waals surface area (Å²) in [6.45, 7) is 1.45. The van der Waals surface area contributed by atoms with Crippen LogP contribution in [0, 0.1) is 0 Å². The van der Waals surface area contributed by atoms with Crippen molar-refractivity contribution < 1.29 is 23.1 Å². The van der Waals surface area contributed by atoms with Crippen LogP contribution in [0.25, 0.3) is 0 Å². The summed E-state index contributed by atoms with van der Waals surface area (Å²) in [5.74, 6) is -1.90. The number of hydrogen-bond donors (Lipinski definition) is 3. The summed E-state index contributed by atoms with van der Waals surface area (Å²) in [4.78, 5) is 22.3. The summed E-state index contributed by atoms with van der Waals surface area (Å²) in [7, 11) is -2.74. The zero-order chi connectivity index (χ0) is 15.3. The minimum absolute atomic E-state index is 0.0911. The van der Waals surface area contributed by atoms with Crippen molar-refractivity contribution in [3.05, 3.63) is 11.8 Å². The van der Waals surface area contributed by atoms with Gasteiger partial charge in [0.15, 0.2) is 5.03 Å². The molecule has 0 unspecified atom stereocenters. The van der Waals surface area contributed by atoms with Gasteiger partial charge in [0.25, 0.3) is 10.0 Å². The van der Waals surface area contributed by atoms with Gasteiger partial charge in [-0.25, -0.2) is 13.2 Å². The van der Waals surface area contributed by atoms with E-state index < -0.39 is 32.5 Å². The lowest BCUT2D eigenvalue weighted by Crippen LogP contribution is -2.40. The monoisotopic (exact) mass is 304 g/mol. The molecule has 1 rings (SSSR count). The highest BCUT2D eigenvalue weighted by molar-refractivity contribution is 7.89. The highest BCUT2D eigenvalue weighted by atomic mass is 32.2. The fraction of sp³-hybridized carbons (Fsp3) is 0.500. The molecule has 0 saturated carbocycles. The van der Waals surface area contributed by atoms with E-state index in [0.29, 0.717) is 6.42 Å². The average Bonchev–Trinajstić information content (AvgIpc) is 2.88. The van der Waals surface area contributed by atoms with Crippen LogP contribution in [0.4, 0.5) is 0 Å². The molecule has 20 heavy (non-hydrogen) atoms. The first-order valence-electron chi connectivity index (χ1n) is 5.82. The average molecular weight is 304 g/mol. The Morgan fingerprint density at radius 1 is 1.50 bits per heavy atom. The third-order valence-electron chi connectivity index (χ3n) is 2.50. The zero-order valence-corrected chi connectivity index (χ0v) is 11.9. The molecule has 112 valence electrons. The van der Waals surface area contributed by atoms with E-state index in [2.05, 4.69) is 15.5 Å². The Kier molecular flexibility index (Phi) is 5.22. The van der Waals surface area contributed by atoms with Crippen molar-refractivity contribution >= 4 is 21.9 Å². The fourth-order valence-corrected chi connectivity index (χ4v) is 3.08. The third kappa shape index (κ3) is 3.33. The molecule has 0 atom stereocenters. The van der Waals surface area contributed by atoms with Crippen molar-refractivity contribution in [2.75, 3.05) is 20.1 Å². The second-order valence-electron chi connectivity index (χ2n) is 3.93. The largest absolute Gasteiger partial charge is 0.478 e. The number of H-pyrrole nitrogens is 1. The number of hydrogen-bond acceptors (Lipinski definition) is 5. The topological polar surface area (TPSA) is 132 Å². The van der Waals surface area contributed by atoms with E-state index in [0.717, 1.165) is 10.5 Å². The summed E-state index contributed by atoms with van der Waals surface area (Å²) in [6, 6.07) is 0. The second kappa shape index (κ2) is 6.48. The number of likely N-dealkylation sites (N-methyl/N-ethyl adjacent to an activating group) is 1. The number of nitrogens with zero attached hydrogens (tertiary/aromatic N) is 2. The van der Waals surface area contributed by atoms with Crippen LogP contribution in [0.3, 0.4) is 0 Å². The smallest absolute Gasteiger partial charge is 0.340 e. The van der Waals surface area contributed by atoms with Crippen molar-refractivity contribution in [3.8, 4) is 0 Å². The molecule has 0 saturated heterocycles. The van der Waals surface area contributed by atoms with Gasteiger partial charge < -0.3 is 10.4 Å². The van der Waals surface area contributed by atoms with Gasteiger partial charge in [-0.3, -0.25) is 9.89 Å². The molecule has 1 amide bonds. The minimum Gasteiger partial charge on any atom is -0.478 e. The SMILES string of the molecule is CCCN(CC(=O)NC)S(=O)(=O)c1[nH]ncc1C(=O)O. The maximum Gasteiger partial charge on any atom is 0.340 e. The van der Waals surface area contributed by atoms with Crippen LogP contribution in [0.2, 0.25) is 0 Å². The Morgan fingerprint density at radius 3 is 2.65 bits per heavy atom. The highest BCUT2D eigenvalue weighted by Crippen LogP contribution is 2.17. The maximum atomic E-state index is 12.4. The van der Waals surface area contributed by atoms with E-state index in [4.69, 9.17) is 5.11 Å². The van der Waals surface area contributed by atoms with E-state index in [9.17, 15) is 18.0 Å². The van der Waals surface area contributed by atoms with Crippen molar-refractivity contribution in [2.45, 2.75) is 18.4 Å². The van der Waals surface area contributed by atoms with Crippen molar-refractivity contribution in [1.29, 1.82) is 0 Å². The molecule has 3 N–H and O–H groups in total. The van der Waals surface area contributed by atoms with Gasteiger partial charge in [0, 0.05) is 13.6 Å². The van der Waals surface area contributed by atoms with Crippen LogP contribution in [0.1, 0.15) is 23.7 Å². The summed E-state index contributed by atoms with van der Waals surface area (Å²) in [5, 5.41) is 16.3. The van der Waals surface area contributed by atoms with Gasteiger partial charge in [0.05, 0.1) is 12.7 Å². The van der Waals surface area contributed by atoms with Crippen LogP contribution in [-0.4, -0.2) is 60.0 Å². The van der Waals surface area contributed by atoms with E-state index in [-0.39, 0.29) is 13.1 Å². The van der Waals surface area contributed by atoms with Gasteiger partial charge in [-0.05, 0) is 6.42 Å². The van der Waals surface area contributed by atoms with E-state index in [1.54, 1.807) is 6.92 Å². The predicted molar refractivity (Wildman–Crippen MR) is 68.7 cm³/mol. The number of carbonyl (C=O) groups is 2. The minimum atomic E-state index is -4.13. The van der Waals surface area contributed by atoms with Gasteiger partial charge in [0.2, 0.25) is 5.91 Å². The quantitative estimate of drug-likeness (QED) is 0.607. The summed E-state index contributed by atoms with van der Waals surface area (Å²) in [6.07, 6.45) is 1.39. The first kappa shape index (κ1) is 16.1. The summed E-state index contributed by atoms with van der Waals surface area (Å²) < 4.78 is 25.7. The molecule has 0 bridgehead atoms. The number of aromatic carboxylic acids is 1. The first-order valence-corrected chi connectivity index (χ1v) is 7.26. The Balaban J connectivity index is 3.19. The lowest BCUT2D eigenvalue weighted by atomic mass is 10.4. The first-order chi connectivity index (χ1) is 9.34. The van der Waals surface area contributed by atoms with Crippen LogP contribution in [0.15, 0.2) is 11.2 Å². The Hall–Kier alpha value is -1.94. The molecular weight excluding hydrogens is 288 g/mol. The van der Waals surface area contributed by atoms with Crippen LogP contribution >= 0.6 is 0 Å². The highest BCUT2D eigenvalue weighted by Gasteiger charge is 2.31. The number of rotatable bonds is 7. The maximum absolute atomic E-state index is 12.4. The summed E-state index contributed by atoms with van der Waals surface area (Å²) in [5.41, 5.74) is -0.456. The third-order valence-corrected chi connectivity index (χ3v) is 4.32. The van der Waals surface area contributed by atoms with Gasteiger partial charge in [-0.15, -0.1) is 0 Å². The molecule has 0 aliphatic heterocycles. The molecule has 1 aromatic rings. The Bertz CT molecular complexity index is 595. The van der Waals surface area contributed by atoms with Crippen LogP contribution in [0.5, 0.6) is 0 Å². The van der Waals surface area contributed by atoms with E-state index in [1.165, 1.54) is 7.05 Å². The summed E-state index contributed by atoms with van der Waals surface area (Å²) >= 11 is 0. The van der Waals surface area contributed by atoms with Crippen LogP contribution < -0.4 is 5.32 Å². The van der Waals surface area contributed by atoms with Crippen molar-refractivity contribution in [1.82, 2.24) is 19.8 Å². The molecule has 0 aliphatic carbocycles. The number of sulfonamides is 1. The lowest BCUT2D eigenvalue weighted by molar-refractivity contribution is -0.120. The molecule has 0 spiro atoms. The molecule has 0 aliphatic rings. The molecule has 9 nitrogen and oxygen atoms in total. The predicted octanol–water partition coefficient (Wildman–Crippen LogP) is -0.745. The molecule has 0 fully saturated rings.